The van der Waals surface area contributed by atoms with Gasteiger partial charge in [0, 0.05) is 12.2 Å². The second-order valence-electron chi connectivity index (χ2n) is 4.66. The highest BCUT2D eigenvalue weighted by atomic mass is 32.1. The van der Waals surface area contributed by atoms with E-state index in [0.29, 0.717) is 17.6 Å². The van der Waals surface area contributed by atoms with Crippen molar-refractivity contribution in [2.45, 2.75) is 33.1 Å². The van der Waals surface area contributed by atoms with Crippen LogP contribution in [0.1, 0.15) is 38.7 Å². The van der Waals surface area contributed by atoms with Crippen molar-refractivity contribution in [2.24, 2.45) is 0 Å². The van der Waals surface area contributed by atoms with E-state index in [0.717, 1.165) is 17.7 Å². The summed E-state index contributed by atoms with van der Waals surface area (Å²) < 4.78 is 0. The molecule has 0 aliphatic rings. The molecular weight excluding hydrogens is 240 g/mol. The topological polar surface area (TPSA) is 24.1 Å². The fourth-order valence-corrected chi connectivity index (χ4v) is 1.84. The number of para-hydroxylation sites is 1. The van der Waals surface area contributed by atoms with Gasteiger partial charge in [-0.2, -0.15) is 0 Å². The van der Waals surface area contributed by atoms with E-state index in [1.807, 2.05) is 13.0 Å². The summed E-state index contributed by atoms with van der Waals surface area (Å²) in [6.45, 7) is 10.9. The third kappa shape index (κ3) is 4.49. The maximum absolute atomic E-state index is 5.27. The van der Waals surface area contributed by atoms with Gasteiger partial charge in [0.1, 0.15) is 0 Å². The molecule has 0 fully saturated rings. The summed E-state index contributed by atoms with van der Waals surface area (Å²) in [6.07, 6.45) is 1.12. The zero-order valence-electron chi connectivity index (χ0n) is 11.4. The third-order valence-corrected chi connectivity index (χ3v) is 3.15. The van der Waals surface area contributed by atoms with E-state index < -0.39 is 0 Å². The predicted molar refractivity (Wildman–Crippen MR) is 84.2 cm³/mol. The van der Waals surface area contributed by atoms with Gasteiger partial charge < -0.3 is 10.6 Å². The second-order valence-corrected chi connectivity index (χ2v) is 5.07. The lowest BCUT2D eigenvalue weighted by molar-refractivity contribution is 0.735. The Morgan fingerprint density at radius 2 is 2.06 bits per heavy atom. The predicted octanol–water partition coefficient (Wildman–Crippen LogP) is 4.06. The first-order valence-electron chi connectivity index (χ1n) is 6.32. The Morgan fingerprint density at radius 1 is 1.39 bits per heavy atom. The van der Waals surface area contributed by atoms with E-state index in [4.69, 9.17) is 12.2 Å². The maximum atomic E-state index is 5.27. The Kier molecular flexibility index (Phi) is 5.86. The second kappa shape index (κ2) is 7.17. The average molecular weight is 262 g/mol. The maximum Gasteiger partial charge on any atom is 0.171 e. The van der Waals surface area contributed by atoms with Crippen LogP contribution < -0.4 is 10.6 Å². The van der Waals surface area contributed by atoms with Gasteiger partial charge in [0.25, 0.3) is 0 Å². The number of benzene rings is 1. The molecule has 0 heterocycles. The molecule has 0 saturated heterocycles. The molecule has 0 radical (unpaired) electrons. The van der Waals surface area contributed by atoms with Crippen LogP contribution in [0.2, 0.25) is 0 Å². The molecule has 0 unspecified atom stereocenters. The van der Waals surface area contributed by atoms with Gasteiger partial charge in [0.2, 0.25) is 0 Å². The fourth-order valence-electron chi connectivity index (χ4n) is 1.66. The van der Waals surface area contributed by atoms with Crippen molar-refractivity contribution in [3.05, 3.63) is 42.0 Å². The van der Waals surface area contributed by atoms with Crippen LogP contribution in [-0.2, 0) is 0 Å². The van der Waals surface area contributed by atoms with Gasteiger partial charge in [-0.1, -0.05) is 44.2 Å². The average Bonchev–Trinajstić information content (AvgIpc) is 2.36. The van der Waals surface area contributed by atoms with Crippen molar-refractivity contribution in [1.29, 1.82) is 0 Å². The molecule has 1 aromatic carbocycles. The van der Waals surface area contributed by atoms with Crippen LogP contribution in [-0.4, -0.2) is 11.7 Å². The van der Waals surface area contributed by atoms with Crippen LogP contribution in [0.5, 0.6) is 0 Å². The highest BCUT2D eigenvalue weighted by molar-refractivity contribution is 7.80. The number of rotatable bonds is 5. The van der Waals surface area contributed by atoms with Crippen molar-refractivity contribution in [2.75, 3.05) is 11.9 Å². The van der Waals surface area contributed by atoms with Crippen molar-refractivity contribution in [3.63, 3.8) is 0 Å². The van der Waals surface area contributed by atoms with Gasteiger partial charge in [-0.25, -0.2) is 0 Å². The highest BCUT2D eigenvalue weighted by Gasteiger charge is 2.09. The molecule has 1 rings (SSSR count). The lowest BCUT2D eigenvalue weighted by Gasteiger charge is -2.17. The minimum absolute atomic E-state index is 0.526. The van der Waals surface area contributed by atoms with E-state index in [-0.39, 0.29) is 0 Å². The Hall–Kier alpha value is -1.35. The van der Waals surface area contributed by atoms with Crippen LogP contribution in [0.4, 0.5) is 5.69 Å². The number of anilines is 1. The molecule has 18 heavy (non-hydrogen) atoms. The molecular formula is C15H22N2S. The number of hydrogen-bond donors (Lipinski definition) is 2. The molecule has 0 spiro atoms. The molecule has 3 heteroatoms. The van der Waals surface area contributed by atoms with E-state index in [1.54, 1.807) is 0 Å². The Balaban J connectivity index is 2.72. The van der Waals surface area contributed by atoms with Crippen LogP contribution in [0.3, 0.4) is 0 Å². The number of nitrogens with one attached hydrogen (secondary N) is 2. The normalized spacial score (nSPS) is 11.7. The monoisotopic (exact) mass is 262 g/mol. The first-order chi connectivity index (χ1) is 8.54. The third-order valence-electron chi connectivity index (χ3n) is 2.90. The molecule has 0 saturated carbocycles. The van der Waals surface area contributed by atoms with Gasteiger partial charge in [0.15, 0.2) is 5.11 Å². The minimum atomic E-state index is 0.526. The minimum Gasteiger partial charge on any atom is -0.359 e. The van der Waals surface area contributed by atoms with Gasteiger partial charge in [-0.3, -0.25) is 0 Å². The van der Waals surface area contributed by atoms with Crippen molar-refractivity contribution >= 4 is 23.0 Å². The Bertz CT molecular complexity index is 426. The van der Waals surface area contributed by atoms with Gasteiger partial charge in [-0.15, -0.1) is 0 Å². The van der Waals surface area contributed by atoms with Crippen LogP contribution in [0, 0.1) is 0 Å². The molecule has 0 amide bonds. The van der Waals surface area contributed by atoms with Crippen molar-refractivity contribution < 1.29 is 0 Å². The zero-order valence-corrected chi connectivity index (χ0v) is 12.2. The van der Waals surface area contributed by atoms with E-state index in [9.17, 15) is 0 Å². The molecule has 0 bridgehead atoms. The molecule has 2 N–H and O–H groups in total. The lowest BCUT2D eigenvalue weighted by atomic mass is 9.97. The van der Waals surface area contributed by atoms with Gasteiger partial charge >= 0.3 is 0 Å². The van der Waals surface area contributed by atoms with Gasteiger partial charge in [0.05, 0.1) is 0 Å². The van der Waals surface area contributed by atoms with Crippen molar-refractivity contribution in [3.8, 4) is 0 Å². The fraction of sp³-hybridized carbons (Fsp3) is 0.400. The Morgan fingerprint density at radius 3 is 2.67 bits per heavy atom. The van der Waals surface area contributed by atoms with E-state index in [2.05, 4.69) is 49.3 Å². The summed E-state index contributed by atoms with van der Waals surface area (Å²) >= 11 is 5.27. The molecule has 2 nitrogen and oxygen atoms in total. The standard InChI is InChI=1S/C15H22N2S/c1-5-12(4)13-8-6-7-9-14(13)17-15(18)16-10-11(2)3/h6-9,12H,2,5,10H2,1,3-4H3,(H2,16,17,18)/t12-/m0/s1. The first-order valence-corrected chi connectivity index (χ1v) is 6.73. The Labute approximate surface area is 115 Å². The van der Waals surface area contributed by atoms with Crippen LogP contribution in [0.15, 0.2) is 36.4 Å². The van der Waals surface area contributed by atoms with Crippen LogP contribution >= 0.6 is 12.2 Å². The SMILES string of the molecule is C=C(C)CNC(=S)Nc1ccccc1[C@@H](C)CC. The highest BCUT2D eigenvalue weighted by Crippen LogP contribution is 2.26. The molecule has 0 aliphatic carbocycles. The smallest absolute Gasteiger partial charge is 0.171 e. The summed E-state index contributed by atoms with van der Waals surface area (Å²) in [7, 11) is 0. The molecule has 1 aromatic rings. The number of hydrogen-bond acceptors (Lipinski definition) is 1. The summed E-state index contributed by atoms with van der Waals surface area (Å²) in [6, 6.07) is 8.31. The van der Waals surface area contributed by atoms with E-state index in [1.165, 1.54) is 5.56 Å². The quantitative estimate of drug-likeness (QED) is 0.618. The van der Waals surface area contributed by atoms with Crippen molar-refractivity contribution in [1.82, 2.24) is 5.32 Å². The number of thiocarbonyl (C=S) groups is 1. The van der Waals surface area contributed by atoms with Gasteiger partial charge in [-0.05, 0) is 43.1 Å². The largest absolute Gasteiger partial charge is 0.359 e. The first kappa shape index (κ1) is 14.7. The molecule has 1 atom stereocenters. The van der Waals surface area contributed by atoms with E-state index >= 15 is 0 Å². The summed E-state index contributed by atoms with van der Waals surface area (Å²) in [5, 5.41) is 7.04. The van der Waals surface area contributed by atoms with Crippen LogP contribution in [0.25, 0.3) is 0 Å². The summed E-state index contributed by atoms with van der Waals surface area (Å²) in [4.78, 5) is 0. The molecule has 0 aromatic heterocycles. The zero-order chi connectivity index (χ0) is 13.5. The lowest BCUT2D eigenvalue weighted by Crippen LogP contribution is -2.30. The summed E-state index contributed by atoms with van der Waals surface area (Å²) in [5.41, 5.74) is 3.46. The summed E-state index contributed by atoms with van der Waals surface area (Å²) in [5.74, 6) is 0.526. The molecule has 98 valence electrons. The molecule has 0 aliphatic heterocycles.